The van der Waals surface area contributed by atoms with Gasteiger partial charge in [-0.25, -0.2) is 9.97 Å². The molecule has 9 heteroatoms. The summed E-state index contributed by atoms with van der Waals surface area (Å²) in [7, 11) is 0. The number of nitrogens with one attached hydrogen (secondary N) is 1. The first-order valence-corrected chi connectivity index (χ1v) is 11.7. The Morgan fingerprint density at radius 3 is 2.94 bits per heavy atom. The van der Waals surface area contributed by atoms with E-state index in [2.05, 4.69) is 15.3 Å². The van der Waals surface area contributed by atoms with E-state index >= 15 is 0 Å². The molecule has 0 aliphatic carbocycles. The van der Waals surface area contributed by atoms with Gasteiger partial charge in [0.2, 0.25) is 0 Å². The van der Waals surface area contributed by atoms with Crippen molar-refractivity contribution in [2.24, 2.45) is 0 Å². The Balaban J connectivity index is 1.53. The molecule has 31 heavy (non-hydrogen) atoms. The largest absolute Gasteiger partial charge is 0.479 e. The van der Waals surface area contributed by atoms with E-state index in [1.807, 2.05) is 30.0 Å². The Morgan fingerprint density at radius 2 is 2.16 bits per heavy atom. The molecule has 1 saturated heterocycles. The molecule has 1 unspecified atom stereocenters. The molecule has 0 saturated carbocycles. The monoisotopic (exact) mass is 458 g/mol. The average molecular weight is 459 g/mol. The standard InChI is InChI=1S/C22H23ClN4O3S/c1-2-16(28)18-10-15-21(31-18)19(26-11-25-15)14-9-13(23)7-12-8-17(30-20(12)14)22(29)27-5-3-24-4-6-27/h7,9-11,16-17,24,28H,2-6,8H2,1H3/t16?,17-/m1/s1. The molecule has 2 aromatic heterocycles. The lowest BCUT2D eigenvalue weighted by Crippen LogP contribution is -2.50. The highest BCUT2D eigenvalue weighted by Gasteiger charge is 2.35. The first kappa shape index (κ1) is 20.6. The number of aliphatic hydroxyl groups excluding tert-OH is 1. The van der Waals surface area contributed by atoms with Crippen LogP contribution in [0, 0.1) is 0 Å². The van der Waals surface area contributed by atoms with Gasteiger partial charge in [0.15, 0.2) is 6.10 Å². The van der Waals surface area contributed by atoms with Crippen molar-refractivity contribution in [2.45, 2.75) is 32.0 Å². The smallest absolute Gasteiger partial charge is 0.264 e. The summed E-state index contributed by atoms with van der Waals surface area (Å²) in [5.74, 6) is 0.668. The van der Waals surface area contributed by atoms with Gasteiger partial charge in [0.25, 0.3) is 5.91 Å². The van der Waals surface area contributed by atoms with E-state index in [1.54, 1.807) is 0 Å². The third-order valence-electron chi connectivity index (χ3n) is 5.80. The first-order chi connectivity index (χ1) is 15.0. The molecule has 2 aliphatic heterocycles. The number of benzene rings is 1. The predicted molar refractivity (Wildman–Crippen MR) is 121 cm³/mol. The number of halogens is 1. The minimum Gasteiger partial charge on any atom is -0.479 e. The number of rotatable bonds is 4. The van der Waals surface area contributed by atoms with Crippen LogP contribution in [0.2, 0.25) is 5.02 Å². The fourth-order valence-corrected chi connectivity index (χ4v) is 5.58. The second-order valence-corrected chi connectivity index (χ2v) is 9.36. The van der Waals surface area contributed by atoms with Crippen LogP contribution in [-0.4, -0.2) is 58.2 Å². The van der Waals surface area contributed by atoms with Crippen LogP contribution < -0.4 is 10.1 Å². The van der Waals surface area contributed by atoms with Crippen molar-refractivity contribution in [3.05, 3.63) is 40.0 Å². The molecule has 1 amide bonds. The Kier molecular flexibility index (Phi) is 5.56. The topological polar surface area (TPSA) is 87.6 Å². The van der Waals surface area contributed by atoms with Crippen LogP contribution in [0.1, 0.15) is 29.9 Å². The maximum Gasteiger partial charge on any atom is 0.264 e. The fourth-order valence-electron chi connectivity index (χ4n) is 4.16. The quantitative estimate of drug-likeness (QED) is 0.624. The third kappa shape index (κ3) is 3.78. The molecule has 2 aliphatic rings. The Labute approximate surface area is 189 Å². The fraction of sp³-hybridized carbons (Fsp3) is 0.409. The second kappa shape index (κ2) is 8.35. The summed E-state index contributed by atoms with van der Waals surface area (Å²) < 4.78 is 7.08. The summed E-state index contributed by atoms with van der Waals surface area (Å²) in [6.45, 7) is 4.91. The Morgan fingerprint density at radius 1 is 1.35 bits per heavy atom. The van der Waals surface area contributed by atoms with Gasteiger partial charge in [-0.15, -0.1) is 11.3 Å². The molecule has 0 radical (unpaired) electrons. The highest BCUT2D eigenvalue weighted by Crippen LogP contribution is 2.44. The number of aromatic nitrogens is 2. The van der Waals surface area contributed by atoms with Crippen molar-refractivity contribution in [2.75, 3.05) is 26.2 Å². The van der Waals surface area contributed by atoms with E-state index in [4.69, 9.17) is 16.3 Å². The number of fused-ring (bicyclic) bond motifs is 2. The predicted octanol–water partition coefficient (Wildman–Crippen LogP) is 3.19. The van der Waals surface area contributed by atoms with Gasteiger partial charge in [0.05, 0.1) is 22.0 Å². The van der Waals surface area contributed by atoms with Gasteiger partial charge in [-0.1, -0.05) is 18.5 Å². The highest BCUT2D eigenvalue weighted by atomic mass is 35.5. The molecule has 7 nitrogen and oxygen atoms in total. The summed E-state index contributed by atoms with van der Waals surface area (Å²) >= 11 is 7.92. The molecule has 2 N–H and O–H groups in total. The van der Waals surface area contributed by atoms with Gasteiger partial charge in [-0.3, -0.25) is 4.79 Å². The van der Waals surface area contributed by atoms with E-state index in [9.17, 15) is 9.90 Å². The zero-order chi connectivity index (χ0) is 21.5. The van der Waals surface area contributed by atoms with Crippen molar-refractivity contribution in [3.63, 3.8) is 0 Å². The van der Waals surface area contributed by atoms with E-state index in [-0.39, 0.29) is 5.91 Å². The van der Waals surface area contributed by atoms with E-state index < -0.39 is 12.2 Å². The average Bonchev–Trinajstić information content (AvgIpc) is 3.42. The number of hydrogen-bond acceptors (Lipinski definition) is 7. The van der Waals surface area contributed by atoms with Crippen molar-refractivity contribution >= 4 is 39.1 Å². The van der Waals surface area contributed by atoms with E-state index in [1.165, 1.54) is 17.7 Å². The third-order valence-corrected chi connectivity index (χ3v) is 7.25. The summed E-state index contributed by atoms with van der Waals surface area (Å²) in [4.78, 5) is 24.6. The molecule has 1 aromatic carbocycles. The lowest BCUT2D eigenvalue weighted by molar-refractivity contribution is -0.138. The summed E-state index contributed by atoms with van der Waals surface area (Å²) in [5.41, 5.74) is 3.15. The van der Waals surface area contributed by atoms with Crippen molar-refractivity contribution in [1.29, 1.82) is 0 Å². The number of aliphatic hydroxyl groups is 1. The lowest BCUT2D eigenvalue weighted by atomic mass is 10.0. The van der Waals surface area contributed by atoms with Gasteiger partial charge < -0.3 is 20.1 Å². The van der Waals surface area contributed by atoms with Gasteiger partial charge in [0.1, 0.15) is 12.1 Å². The van der Waals surface area contributed by atoms with Crippen LogP contribution >= 0.6 is 22.9 Å². The minimum atomic E-state index is -0.552. The number of piperazine rings is 1. The molecular formula is C22H23ClN4O3S. The van der Waals surface area contributed by atoms with Crippen molar-refractivity contribution < 1.29 is 14.6 Å². The van der Waals surface area contributed by atoms with Crippen LogP contribution in [0.3, 0.4) is 0 Å². The van der Waals surface area contributed by atoms with Crippen LogP contribution in [-0.2, 0) is 11.2 Å². The van der Waals surface area contributed by atoms with Gasteiger partial charge in [0, 0.05) is 53.6 Å². The molecule has 0 spiro atoms. The lowest BCUT2D eigenvalue weighted by Gasteiger charge is -2.29. The molecule has 4 heterocycles. The van der Waals surface area contributed by atoms with Gasteiger partial charge in [-0.05, 0) is 24.6 Å². The number of carbonyl (C=O) groups excluding carboxylic acids is 1. The molecule has 0 bridgehead atoms. The summed E-state index contributed by atoms with van der Waals surface area (Å²) in [6.07, 6.45) is 1.54. The van der Waals surface area contributed by atoms with Crippen LogP contribution in [0.25, 0.3) is 21.5 Å². The van der Waals surface area contributed by atoms with Crippen molar-refractivity contribution in [3.8, 4) is 17.0 Å². The molecular weight excluding hydrogens is 436 g/mol. The molecule has 5 rings (SSSR count). The second-order valence-electron chi connectivity index (χ2n) is 7.84. The molecule has 162 valence electrons. The van der Waals surface area contributed by atoms with Crippen LogP contribution in [0.5, 0.6) is 5.75 Å². The van der Waals surface area contributed by atoms with Crippen LogP contribution in [0.15, 0.2) is 24.5 Å². The summed E-state index contributed by atoms with van der Waals surface area (Å²) in [6, 6.07) is 5.60. The zero-order valence-electron chi connectivity index (χ0n) is 17.1. The number of nitrogens with zero attached hydrogens (tertiary/aromatic N) is 3. The van der Waals surface area contributed by atoms with Gasteiger partial charge >= 0.3 is 0 Å². The Bertz CT molecular complexity index is 1150. The minimum absolute atomic E-state index is 0.0112. The molecule has 2 atom stereocenters. The number of hydrogen-bond donors (Lipinski definition) is 2. The van der Waals surface area contributed by atoms with E-state index in [0.29, 0.717) is 42.4 Å². The Hall–Kier alpha value is -2.26. The maximum absolute atomic E-state index is 13.0. The number of amides is 1. The highest BCUT2D eigenvalue weighted by molar-refractivity contribution is 7.19. The van der Waals surface area contributed by atoms with Gasteiger partial charge in [-0.2, -0.15) is 0 Å². The van der Waals surface area contributed by atoms with E-state index in [0.717, 1.165) is 39.3 Å². The number of thiophene rings is 1. The normalized spacial score (nSPS) is 19.3. The maximum atomic E-state index is 13.0. The number of ether oxygens (including phenoxy) is 1. The SMILES string of the molecule is CCC(O)c1cc2ncnc(-c3cc(Cl)cc4c3O[C@@H](C(=O)N3CCNCC3)C4)c2s1. The summed E-state index contributed by atoms with van der Waals surface area (Å²) in [5, 5.41) is 14.1. The van der Waals surface area contributed by atoms with Crippen molar-refractivity contribution in [1.82, 2.24) is 20.2 Å². The number of carbonyl (C=O) groups is 1. The zero-order valence-corrected chi connectivity index (χ0v) is 18.7. The molecule has 1 fully saturated rings. The molecule has 3 aromatic rings. The first-order valence-electron chi connectivity index (χ1n) is 10.5. The van der Waals surface area contributed by atoms with Crippen LogP contribution in [0.4, 0.5) is 0 Å².